The molecule has 29 heavy (non-hydrogen) atoms. The monoisotopic (exact) mass is 407 g/mol. The summed E-state index contributed by atoms with van der Waals surface area (Å²) < 4.78 is 9.82. The van der Waals surface area contributed by atoms with Crippen molar-refractivity contribution < 1.29 is 29.0 Å². The highest BCUT2D eigenvalue weighted by Gasteiger charge is 2.16. The molecule has 0 aliphatic carbocycles. The molecule has 0 aromatic heterocycles. The van der Waals surface area contributed by atoms with Crippen molar-refractivity contribution in [1.29, 1.82) is 0 Å². The van der Waals surface area contributed by atoms with Crippen molar-refractivity contribution in [2.24, 2.45) is 0 Å². The first kappa shape index (κ1) is 24.5. The van der Waals surface area contributed by atoms with Gasteiger partial charge in [0.25, 0.3) is 5.91 Å². The minimum atomic E-state index is -0.474. The van der Waals surface area contributed by atoms with Crippen molar-refractivity contribution in [3.63, 3.8) is 0 Å². The van der Waals surface area contributed by atoms with Crippen LogP contribution in [0.3, 0.4) is 0 Å². The zero-order valence-corrected chi connectivity index (χ0v) is 18.2. The second-order valence-electron chi connectivity index (χ2n) is 7.86. The van der Waals surface area contributed by atoms with Gasteiger partial charge in [-0.2, -0.15) is 0 Å². The molecule has 0 fully saturated rings. The van der Waals surface area contributed by atoms with E-state index in [2.05, 4.69) is 5.32 Å². The number of esters is 2. The fourth-order valence-corrected chi connectivity index (χ4v) is 2.83. The summed E-state index contributed by atoms with van der Waals surface area (Å²) in [4.78, 5) is 34.6. The first-order valence-electron chi connectivity index (χ1n) is 9.95. The Morgan fingerprint density at radius 2 is 1.55 bits per heavy atom. The molecule has 7 heteroatoms. The second-order valence-corrected chi connectivity index (χ2v) is 7.86. The zero-order chi connectivity index (χ0) is 22.1. The van der Waals surface area contributed by atoms with Gasteiger partial charge in [-0.15, -0.1) is 0 Å². The Kier molecular flexibility index (Phi) is 9.65. The summed E-state index contributed by atoms with van der Waals surface area (Å²) in [5.74, 6) is -0.701. The summed E-state index contributed by atoms with van der Waals surface area (Å²) in [7, 11) is 0. The van der Waals surface area contributed by atoms with Gasteiger partial charge in [-0.1, -0.05) is 39.8 Å². The van der Waals surface area contributed by atoms with E-state index in [9.17, 15) is 19.5 Å². The molecule has 0 radical (unpaired) electrons. The second kappa shape index (κ2) is 11.4. The molecule has 0 spiro atoms. The summed E-state index contributed by atoms with van der Waals surface area (Å²) in [5, 5.41) is 13.0. The smallest absolute Gasteiger partial charge is 0.306 e. The number of nitrogens with one attached hydrogen (secondary N) is 1. The van der Waals surface area contributed by atoms with Gasteiger partial charge in [0.1, 0.15) is 12.4 Å². The average molecular weight is 408 g/mol. The van der Waals surface area contributed by atoms with Crippen LogP contribution >= 0.6 is 0 Å². The van der Waals surface area contributed by atoms with Crippen LogP contribution in [-0.4, -0.2) is 42.2 Å². The molecule has 0 aliphatic heterocycles. The van der Waals surface area contributed by atoms with Crippen LogP contribution in [-0.2, 0) is 30.3 Å². The number of phenolic OH excluding ortho intramolecular Hbond substituents is 1. The Morgan fingerprint density at radius 1 is 1.00 bits per heavy atom. The van der Waals surface area contributed by atoms with Gasteiger partial charge >= 0.3 is 11.9 Å². The number of phenols is 1. The number of carbonyl (C=O) groups is 3. The van der Waals surface area contributed by atoms with Crippen LogP contribution < -0.4 is 5.32 Å². The topological polar surface area (TPSA) is 102 Å². The minimum absolute atomic E-state index is 0.0617. The molecule has 0 saturated heterocycles. The molecule has 1 aromatic rings. The molecule has 1 unspecified atom stereocenters. The molecule has 1 atom stereocenters. The van der Waals surface area contributed by atoms with Gasteiger partial charge in [0, 0.05) is 13.3 Å². The van der Waals surface area contributed by atoms with Crippen molar-refractivity contribution in [3.8, 4) is 5.75 Å². The van der Waals surface area contributed by atoms with Crippen molar-refractivity contribution >= 4 is 17.8 Å². The number of hydrogen-bond acceptors (Lipinski definition) is 6. The van der Waals surface area contributed by atoms with Crippen molar-refractivity contribution in [2.75, 3.05) is 13.2 Å². The first-order valence-corrected chi connectivity index (χ1v) is 9.95. The average Bonchev–Trinajstić information content (AvgIpc) is 2.63. The Labute approximate surface area is 172 Å². The molecule has 2 N–H and O–H groups in total. The van der Waals surface area contributed by atoms with Crippen molar-refractivity contribution in [3.05, 3.63) is 28.8 Å². The Hall–Kier alpha value is -2.57. The maximum atomic E-state index is 12.0. The third-order valence-electron chi connectivity index (χ3n) is 4.40. The largest absolute Gasteiger partial charge is 0.507 e. The van der Waals surface area contributed by atoms with Crippen LogP contribution in [0.2, 0.25) is 0 Å². The number of amides is 1. The molecule has 0 heterocycles. The molecule has 7 nitrogen and oxygen atoms in total. The molecule has 0 bridgehead atoms. The van der Waals surface area contributed by atoms with E-state index in [4.69, 9.17) is 9.47 Å². The van der Waals surface area contributed by atoms with E-state index in [0.717, 1.165) is 16.7 Å². The lowest BCUT2D eigenvalue weighted by Crippen LogP contribution is -2.38. The maximum absolute atomic E-state index is 12.0. The molecular formula is C22H33NO6. The third kappa shape index (κ3) is 8.54. The van der Waals surface area contributed by atoms with E-state index in [-0.39, 0.29) is 37.5 Å². The number of ether oxygens (including phenoxy) is 2. The molecule has 1 amide bonds. The molecule has 1 rings (SSSR count). The molecule has 162 valence electrons. The van der Waals surface area contributed by atoms with Gasteiger partial charge < -0.3 is 19.9 Å². The number of rotatable bonds is 10. The van der Waals surface area contributed by atoms with Crippen LogP contribution in [0.15, 0.2) is 12.1 Å². The number of aryl methyl sites for hydroxylation is 1. The Morgan fingerprint density at radius 3 is 2.03 bits per heavy atom. The number of benzene rings is 1. The summed E-state index contributed by atoms with van der Waals surface area (Å²) >= 11 is 0. The highest BCUT2D eigenvalue weighted by molar-refractivity contribution is 5.80. The van der Waals surface area contributed by atoms with E-state index < -0.39 is 17.8 Å². The quantitative estimate of drug-likeness (QED) is 0.578. The number of hydrogen-bond donors (Lipinski definition) is 2. The summed E-state index contributed by atoms with van der Waals surface area (Å²) in [5.41, 5.74) is 2.67. The van der Waals surface area contributed by atoms with Crippen LogP contribution in [0.5, 0.6) is 5.75 Å². The van der Waals surface area contributed by atoms with Crippen molar-refractivity contribution in [1.82, 2.24) is 5.32 Å². The highest BCUT2D eigenvalue weighted by Crippen LogP contribution is 2.35. The van der Waals surface area contributed by atoms with Gasteiger partial charge in [0.05, 0.1) is 6.04 Å². The minimum Gasteiger partial charge on any atom is -0.507 e. The lowest BCUT2D eigenvalue weighted by Gasteiger charge is -2.17. The normalized spacial score (nSPS) is 12.0. The fraction of sp³-hybridized carbons (Fsp3) is 0.591. The van der Waals surface area contributed by atoms with E-state index in [1.54, 1.807) is 6.92 Å². The summed E-state index contributed by atoms with van der Waals surface area (Å²) in [6.45, 7) is 10.7. The molecule has 1 aromatic carbocycles. The van der Waals surface area contributed by atoms with E-state index in [1.807, 2.05) is 39.8 Å². The molecule has 0 saturated carbocycles. The van der Waals surface area contributed by atoms with Crippen LogP contribution in [0.4, 0.5) is 0 Å². The van der Waals surface area contributed by atoms with Gasteiger partial charge in [-0.3, -0.25) is 14.4 Å². The predicted octanol–water partition coefficient (Wildman–Crippen LogP) is 3.18. The SMILES string of the molecule is CC(=O)OCC(C)NC(=O)COC(=O)CCc1cc(C(C)C)c(O)c(C(C)C)c1. The Bertz CT molecular complexity index is 697. The number of aromatic hydroxyl groups is 1. The Balaban J connectivity index is 2.56. The van der Waals surface area contributed by atoms with Gasteiger partial charge in [0.15, 0.2) is 6.61 Å². The highest BCUT2D eigenvalue weighted by atomic mass is 16.5. The fourth-order valence-electron chi connectivity index (χ4n) is 2.83. The lowest BCUT2D eigenvalue weighted by molar-refractivity contribution is -0.149. The van der Waals surface area contributed by atoms with Crippen LogP contribution in [0, 0.1) is 0 Å². The standard InChI is InChI=1S/C22H33NO6/c1-13(2)18-9-17(10-19(14(3)4)22(18)27)7-8-21(26)29-12-20(25)23-15(5)11-28-16(6)24/h9-10,13-15,27H,7-8,11-12H2,1-6H3,(H,23,25). The van der Waals surface area contributed by atoms with Gasteiger partial charge in [0.2, 0.25) is 0 Å². The third-order valence-corrected chi connectivity index (χ3v) is 4.40. The van der Waals surface area contributed by atoms with E-state index in [1.165, 1.54) is 6.92 Å². The maximum Gasteiger partial charge on any atom is 0.306 e. The lowest BCUT2D eigenvalue weighted by atomic mass is 9.90. The van der Waals surface area contributed by atoms with Crippen molar-refractivity contribution in [2.45, 2.75) is 72.3 Å². The summed E-state index contributed by atoms with van der Waals surface area (Å²) in [6.07, 6.45) is 0.596. The first-order chi connectivity index (χ1) is 13.5. The molecule has 0 aliphatic rings. The number of carbonyl (C=O) groups excluding carboxylic acids is 3. The molecular weight excluding hydrogens is 374 g/mol. The van der Waals surface area contributed by atoms with E-state index in [0.29, 0.717) is 12.2 Å². The zero-order valence-electron chi connectivity index (χ0n) is 18.2. The van der Waals surface area contributed by atoms with Crippen LogP contribution in [0.25, 0.3) is 0 Å². The predicted molar refractivity (Wildman–Crippen MR) is 110 cm³/mol. The van der Waals surface area contributed by atoms with Gasteiger partial charge in [-0.05, 0) is 41.9 Å². The summed E-state index contributed by atoms with van der Waals surface area (Å²) in [6, 6.07) is 3.47. The van der Waals surface area contributed by atoms with Crippen LogP contribution in [0.1, 0.15) is 76.5 Å². The van der Waals surface area contributed by atoms with E-state index >= 15 is 0 Å². The van der Waals surface area contributed by atoms with Gasteiger partial charge in [-0.25, -0.2) is 0 Å².